The van der Waals surface area contributed by atoms with Crippen molar-refractivity contribution in [3.05, 3.63) is 35.5 Å². The summed E-state index contributed by atoms with van der Waals surface area (Å²) < 4.78 is 18.5. The van der Waals surface area contributed by atoms with Gasteiger partial charge in [-0.25, -0.2) is 4.39 Å². The third-order valence-corrected chi connectivity index (χ3v) is 2.94. The van der Waals surface area contributed by atoms with E-state index in [0.717, 1.165) is 5.56 Å². The molecule has 102 valence electrons. The maximum absolute atomic E-state index is 13.4. The predicted octanol–water partition coefficient (Wildman–Crippen LogP) is 3.23. The zero-order chi connectivity index (χ0) is 14.2. The third-order valence-electron chi connectivity index (χ3n) is 2.94. The highest BCUT2D eigenvalue weighted by Crippen LogP contribution is 2.30. The molecule has 1 aromatic heterocycles. The molecule has 0 spiro atoms. The van der Waals surface area contributed by atoms with Gasteiger partial charge in [-0.3, -0.25) is 0 Å². The van der Waals surface area contributed by atoms with Crippen molar-refractivity contribution in [2.75, 3.05) is 0 Å². The molecule has 4 nitrogen and oxygen atoms in total. The van der Waals surface area contributed by atoms with Gasteiger partial charge in [-0.05, 0) is 36.1 Å². The number of nitrogens with two attached hydrogens (primary N) is 1. The molecular formula is C14H18FN3O. The van der Waals surface area contributed by atoms with Gasteiger partial charge in [-0.15, -0.1) is 0 Å². The molecule has 2 N–H and O–H groups in total. The maximum Gasteiger partial charge on any atom is 0.244 e. The first-order chi connectivity index (χ1) is 8.77. The second-order valence-corrected chi connectivity index (χ2v) is 5.82. The lowest BCUT2D eigenvalue weighted by atomic mass is 9.87. The van der Waals surface area contributed by atoms with E-state index in [0.29, 0.717) is 17.3 Å². The third kappa shape index (κ3) is 2.98. The van der Waals surface area contributed by atoms with Gasteiger partial charge in [0.15, 0.2) is 0 Å². The summed E-state index contributed by atoms with van der Waals surface area (Å²) in [5.74, 6) is 0.406. The van der Waals surface area contributed by atoms with E-state index in [1.165, 1.54) is 12.1 Å². The van der Waals surface area contributed by atoms with Gasteiger partial charge in [0, 0.05) is 5.56 Å². The molecule has 1 heterocycles. The number of benzene rings is 1. The monoisotopic (exact) mass is 263 g/mol. The molecular weight excluding hydrogens is 245 g/mol. The Balaban J connectivity index is 2.36. The summed E-state index contributed by atoms with van der Waals surface area (Å²) in [5.41, 5.74) is 7.27. The van der Waals surface area contributed by atoms with E-state index in [2.05, 4.69) is 10.1 Å². The normalized spacial score (nSPS) is 13.6. The van der Waals surface area contributed by atoms with Crippen LogP contribution in [0.2, 0.25) is 0 Å². The Bertz CT molecular complexity index is 566. The van der Waals surface area contributed by atoms with Gasteiger partial charge < -0.3 is 10.3 Å². The summed E-state index contributed by atoms with van der Waals surface area (Å²) in [6, 6.07) is 4.28. The largest absolute Gasteiger partial charge is 0.337 e. The maximum atomic E-state index is 13.4. The van der Waals surface area contributed by atoms with E-state index < -0.39 is 0 Å². The smallest absolute Gasteiger partial charge is 0.244 e. The summed E-state index contributed by atoms with van der Waals surface area (Å²) in [7, 11) is 0. The summed E-state index contributed by atoms with van der Waals surface area (Å²) in [6.07, 6.45) is 0. The Kier molecular flexibility index (Phi) is 3.41. The number of nitrogens with zero attached hydrogens (tertiary/aromatic N) is 2. The summed E-state index contributed by atoms with van der Waals surface area (Å²) >= 11 is 0. The van der Waals surface area contributed by atoms with E-state index in [4.69, 9.17) is 10.3 Å². The molecule has 0 amide bonds. The van der Waals surface area contributed by atoms with Crippen LogP contribution in [0.5, 0.6) is 0 Å². The molecule has 0 aliphatic heterocycles. The highest BCUT2D eigenvalue weighted by Gasteiger charge is 2.27. The molecule has 5 heteroatoms. The minimum absolute atomic E-state index is 0.179. The van der Waals surface area contributed by atoms with Crippen LogP contribution in [-0.2, 0) is 0 Å². The Labute approximate surface area is 111 Å². The fourth-order valence-electron chi connectivity index (χ4n) is 1.71. The standard InChI is InChI=1S/C14H18FN3O/c1-8-5-9(7-10(15)6-8)12-17-13(19-18-12)11(16)14(2,3)4/h5-7,11H,16H2,1-4H3/t11-/m0/s1. The van der Waals surface area contributed by atoms with Gasteiger partial charge in [0.2, 0.25) is 11.7 Å². The van der Waals surface area contributed by atoms with Crippen molar-refractivity contribution in [3.8, 4) is 11.4 Å². The van der Waals surface area contributed by atoms with Crippen LogP contribution in [0.3, 0.4) is 0 Å². The van der Waals surface area contributed by atoms with E-state index in [9.17, 15) is 4.39 Å². The molecule has 0 unspecified atom stereocenters. The molecule has 0 aliphatic rings. The van der Waals surface area contributed by atoms with Gasteiger partial charge >= 0.3 is 0 Å². The number of hydrogen-bond donors (Lipinski definition) is 1. The first kappa shape index (κ1) is 13.7. The topological polar surface area (TPSA) is 64.9 Å². The van der Waals surface area contributed by atoms with Gasteiger partial charge in [0.05, 0.1) is 6.04 Å². The second kappa shape index (κ2) is 4.74. The van der Waals surface area contributed by atoms with Crippen molar-refractivity contribution in [3.63, 3.8) is 0 Å². The average molecular weight is 263 g/mol. The number of aromatic nitrogens is 2. The van der Waals surface area contributed by atoms with E-state index >= 15 is 0 Å². The summed E-state index contributed by atoms with van der Waals surface area (Å²) in [6.45, 7) is 7.80. The Hall–Kier alpha value is -1.75. The Morgan fingerprint density at radius 1 is 1.26 bits per heavy atom. The molecule has 0 aliphatic carbocycles. The van der Waals surface area contributed by atoms with Crippen molar-refractivity contribution < 1.29 is 8.91 Å². The van der Waals surface area contributed by atoms with Crippen LogP contribution in [0.1, 0.15) is 38.3 Å². The van der Waals surface area contributed by atoms with Crippen LogP contribution in [0.4, 0.5) is 4.39 Å². The Morgan fingerprint density at radius 2 is 1.95 bits per heavy atom. The second-order valence-electron chi connectivity index (χ2n) is 5.82. The molecule has 0 bridgehead atoms. The molecule has 0 saturated carbocycles. The van der Waals surface area contributed by atoms with Crippen LogP contribution < -0.4 is 5.73 Å². The molecule has 1 atom stereocenters. The van der Waals surface area contributed by atoms with Crippen molar-refractivity contribution in [2.45, 2.75) is 33.7 Å². The van der Waals surface area contributed by atoms with Crippen LogP contribution in [0.15, 0.2) is 22.7 Å². The first-order valence-electron chi connectivity index (χ1n) is 6.14. The number of aryl methyl sites for hydroxylation is 1. The zero-order valence-electron chi connectivity index (χ0n) is 11.6. The van der Waals surface area contributed by atoms with E-state index in [-0.39, 0.29) is 17.3 Å². The lowest BCUT2D eigenvalue weighted by molar-refractivity contribution is 0.253. The van der Waals surface area contributed by atoms with Crippen LogP contribution in [-0.4, -0.2) is 10.1 Å². The van der Waals surface area contributed by atoms with Crippen molar-refractivity contribution in [2.24, 2.45) is 11.1 Å². The number of halogens is 1. The highest BCUT2D eigenvalue weighted by atomic mass is 19.1. The summed E-state index contributed by atoms with van der Waals surface area (Å²) in [4.78, 5) is 4.26. The predicted molar refractivity (Wildman–Crippen MR) is 70.8 cm³/mol. The van der Waals surface area contributed by atoms with Gasteiger partial charge in [0.1, 0.15) is 5.82 Å². The van der Waals surface area contributed by atoms with Crippen LogP contribution in [0.25, 0.3) is 11.4 Å². The van der Waals surface area contributed by atoms with Gasteiger partial charge in [0.25, 0.3) is 0 Å². The average Bonchev–Trinajstić information content (AvgIpc) is 2.74. The molecule has 1 aromatic carbocycles. The molecule has 2 aromatic rings. The van der Waals surface area contributed by atoms with Crippen molar-refractivity contribution in [1.29, 1.82) is 0 Å². The first-order valence-corrected chi connectivity index (χ1v) is 6.14. The zero-order valence-corrected chi connectivity index (χ0v) is 11.6. The van der Waals surface area contributed by atoms with E-state index in [1.54, 1.807) is 6.07 Å². The molecule has 2 rings (SSSR count). The van der Waals surface area contributed by atoms with Gasteiger partial charge in [-0.2, -0.15) is 4.98 Å². The molecule has 0 saturated heterocycles. The lowest BCUT2D eigenvalue weighted by Crippen LogP contribution is -2.26. The lowest BCUT2D eigenvalue weighted by Gasteiger charge is -2.23. The Morgan fingerprint density at radius 3 is 2.53 bits per heavy atom. The fourth-order valence-corrected chi connectivity index (χ4v) is 1.71. The van der Waals surface area contributed by atoms with Gasteiger partial charge in [-0.1, -0.05) is 25.9 Å². The molecule has 0 fully saturated rings. The minimum atomic E-state index is -0.358. The van der Waals surface area contributed by atoms with Crippen molar-refractivity contribution in [1.82, 2.24) is 10.1 Å². The quantitative estimate of drug-likeness (QED) is 0.903. The van der Waals surface area contributed by atoms with Crippen molar-refractivity contribution >= 4 is 0 Å². The van der Waals surface area contributed by atoms with Crippen LogP contribution >= 0.6 is 0 Å². The number of hydrogen-bond acceptors (Lipinski definition) is 4. The summed E-state index contributed by atoms with van der Waals surface area (Å²) in [5, 5.41) is 3.87. The van der Waals surface area contributed by atoms with Crippen LogP contribution in [0, 0.1) is 18.2 Å². The number of rotatable bonds is 2. The molecule has 0 radical (unpaired) electrons. The fraction of sp³-hybridized carbons (Fsp3) is 0.429. The SMILES string of the molecule is Cc1cc(F)cc(-c2noc([C@H](N)C(C)(C)C)n2)c1. The minimum Gasteiger partial charge on any atom is -0.337 e. The highest BCUT2D eigenvalue weighted by molar-refractivity contribution is 5.55. The van der Waals surface area contributed by atoms with E-state index in [1.807, 2.05) is 27.7 Å². The molecule has 19 heavy (non-hydrogen) atoms.